The number of halogens is 5. The Bertz CT molecular complexity index is 2080. The first-order valence-corrected chi connectivity index (χ1v) is 17.2. The summed E-state index contributed by atoms with van der Waals surface area (Å²) in [5.41, 5.74) is 9.37. The highest BCUT2D eigenvalue weighted by Crippen LogP contribution is 2.41. The molecule has 0 bridgehead atoms. The second-order valence-corrected chi connectivity index (χ2v) is 14.3. The molecule has 2 aromatic carbocycles. The van der Waals surface area contributed by atoms with Gasteiger partial charge in [-0.25, -0.2) is 27.5 Å². The number of aliphatic hydroxyl groups is 2. The van der Waals surface area contributed by atoms with E-state index in [-0.39, 0.29) is 21.3 Å². The van der Waals surface area contributed by atoms with Crippen molar-refractivity contribution < 1.29 is 46.8 Å². The zero-order chi connectivity index (χ0) is 37.7. The molecule has 2 unspecified atom stereocenters. The lowest BCUT2D eigenvalue weighted by atomic mass is 10.0. The van der Waals surface area contributed by atoms with Crippen molar-refractivity contribution in [3.63, 3.8) is 0 Å². The van der Waals surface area contributed by atoms with E-state index in [1.54, 1.807) is 6.07 Å². The van der Waals surface area contributed by atoms with E-state index in [9.17, 15) is 32.3 Å². The molecule has 2 aliphatic rings. The highest BCUT2D eigenvalue weighted by molar-refractivity contribution is 9.10. The van der Waals surface area contributed by atoms with E-state index in [1.165, 1.54) is 54.7 Å². The van der Waals surface area contributed by atoms with E-state index >= 15 is 0 Å². The first-order chi connectivity index (χ1) is 24.0. The fourth-order valence-electron chi connectivity index (χ4n) is 4.24. The number of amides is 2. The predicted octanol–water partition coefficient (Wildman–Crippen LogP) is 5.14. The number of hydrogen-bond donors (Lipinski definition) is 4. The summed E-state index contributed by atoms with van der Waals surface area (Å²) in [7, 11) is 0. The number of rotatable bonds is 4. The van der Waals surface area contributed by atoms with Gasteiger partial charge in [0, 0.05) is 45.9 Å². The van der Waals surface area contributed by atoms with Crippen LogP contribution in [0, 0.1) is 35.8 Å². The normalized spacial score (nSPS) is 14.6. The number of primary amides is 2. The van der Waals surface area contributed by atoms with Crippen molar-refractivity contribution in [2.45, 2.75) is 37.9 Å². The van der Waals surface area contributed by atoms with Crippen molar-refractivity contribution >= 4 is 50.4 Å². The topological polar surface area (TPSA) is 171 Å². The number of fused-ring (bicyclic) bond motifs is 6. The van der Waals surface area contributed by atoms with Crippen molar-refractivity contribution in [1.29, 1.82) is 0 Å². The number of aromatic nitrogens is 2. The molecule has 6 rings (SSSR count). The fraction of sp³-hybridized carbons (Fsp3) is 0.294. The molecule has 17 heteroatoms. The first kappa shape index (κ1) is 39.3. The Morgan fingerprint density at radius 2 is 1.35 bits per heavy atom. The Labute approximate surface area is 306 Å². The van der Waals surface area contributed by atoms with Crippen LogP contribution < -0.4 is 20.9 Å². The lowest BCUT2D eigenvalue weighted by Gasteiger charge is -2.10. The highest BCUT2D eigenvalue weighted by atomic mass is 79.9. The molecule has 51 heavy (non-hydrogen) atoms. The van der Waals surface area contributed by atoms with Gasteiger partial charge in [-0.05, 0) is 41.9 Å². The molecule has 2 atom stereocenters. The summed E-state index contributed by atoms with van der Waals surface area (Å²) in [6.45, 7) is 1.20. The van der Waals surface area contributed by atoms with Crippen molar-refractivity contribution in [3.8, 4) is 58.2 Å². The van der Waals surface area contributed by atoms with E-state index in [1.807, 2.05) is 5.92 Å². The van der Waals surface area contributed by atoms with Crippen LogP contribution in [0.3, 0.4) is 0 Å². The summed E-state index contributed by atoms with van der Waals surface area (Å²) in [6.07, 6.45) is 5.80. The van der Waals surface area contributed by atoms with Crippen LogP contribution in [0.4, 0.5) is 17.6 Å². The minimum atomic E-state index is -1.86. The van der Waals surface area contributed by atoms with E-state index in [0.717, 1.165) is 9.75 Å². The number of nitrogens with zero attached hydrogens (tertiary/aromatic N) is 2. The lowest BCUT2D eigenvalue weighted by Crippen LogP contribution is -2.23. The number of terminal acetylenes is 1. The van der Waals surface area contributed by atoms with Crippen LogP contribution in [0.5, 0.6) is 11.5 Å². The highest BCUT2D eigenvalue weighted by Gasteiger charge is 2.25. The van der Waals surface area contributed by atoms with Crippen molar-refractivity contribution in [2.75, 3.05) is 26.6 Å². The van der Waals surface area contributed by atoms with Crippen molar-refractivity contribution in [3.05, 3.63) is 65.7 Å². The van der Waals surface area contributed by atoms with Gasteiger partial charge in [-0.15, -0.1) is 29.1 Å². The minimum Gasteiger partial charge on any atom is -0.492 e. The summed E-state index contributed by atoms with van der Waals surface area (Å²) in [5.74, 6) is 5.08. The number of hydrogen-bond acceptors (Lipinski definition) is 10. The summed E-state index contributed by atoms with van der Waals surface area (Å²) >= 11 is 5.56. The molecule has 4 heterocycles. The molecule has 2 aromatic heterocycles. The largest absolute Gasteiger partial charge is 0.492 e. The molecule has 0 fully saturated rings. The molecule has 0 saturated heterocycles. The van der Waals surface area contributed by atoms with E-state index in [4.69, 9.17) is 26.0 Å². The Kier molecular flexibility index (Phi) is 12.5. The Morgan fingerprint density at radius 3 is 1.78 bits per heavy atom. The van der Waals surface area contributed by atoms with Gasteiger partial charge in [0.25, 0.3) is 11.8 Å². The second-order valence-electron chi connectivity index (χ2n) is 11.3. The molecule has 0 radical (unpaired) electrons. The Hall–Kier alpha value is -4.52. The summed E-state index contributed by atoms with van der Waals surface area (Å²) < 4.78 is 63.2. The maximum absolute atomic E-state index is 14.2. The molecule has 10 nitrogen and oxygen atoms in total. The van der Waals surface area contributed by atoms with Crippen LogP contribution in [0.15, 0.2) is 28.7 Å². The van der Waals surface area contributed by atoms with Crippen LogP contribution in [-0.4, -0.2) is 69.8 Å². The maximum atomic E-state index is 14.2. The molecule has 0 saturated carbocycles. The third-order valence-corrected chi connectivity index (χ3v) is 9.76. The van der Waals surface area contributed by atoms with Crippen molar-refractivity contribution in [2.24, 2.45) is 11.5 Å². The van der Waals surface area contributed by atoms with E-state index in [0.29, 0.717) is 58.8 Å². The molecule has 4 aromatic rings. The van der Waals surface area contributed by atoms with Gasteiger partial charge in [-0.1, -0.05) is 17.8 Å². The monoisotopic (exact) mass is 808 g/mol. The number of alkyl halides is 2. The standard InChI is InChI=1S/C17H14F2N2O3S.C12H8BrFN2O2S.C5H7FO/c1-17(23,8-18)4-2-9-6-10-12(7-11(9)19)24-5-3-13-14(10)21-16(25-13)15(20)22;13-6-3-5-8(4-7(6)14)18-2-1-9-10(5)16-12(19-9)11(15)17;1-3-5(2,7)4-6/h6-7,23H,3,5,8H2,1H3,(H2,20,22);3-4H,1-2H2,(H2,15,17);1,7H,4H2,2H3. The molecule has 0 spiro atoms. The molecule has 2 aliphatic heterocycles. The average Bonchev–Trinajstić information content (AvgIpc) is 3.63. The van der Waals surface area contributed by atoms with Gasteiger partial charge in [-0.3, -0.25) is 9.59 Å². The third-order valence-electron chi connectivity index (χ3n) is 6.89. The van der Waals surface area contributed by atoms with E-state index < -0.39 is 48.0 Å². The minimum absolute atomic E-state index is 0.0300. The molecule has 2 amide bonds. The fourth-order valence-corrected chi connectivity index (χ4v) is 6.40. The molecule has 6 N–H and O–H groups in total. The van der Waals surface area contributed by atoms with Gasteiger partial charge in [0.1, 0.15) is 36.5 Å². The van der Waals surface area contributed by atoms with Crippen molar-refractivity contribution in [1.82, 2.24) is 9.97 Å². The molecule has 0 aliphatic carbocycles. The van der Waals surface area contributed by atoms with Gasteiger partial charge in [0.15, 0.2) is 21.2 Å². The van der Waals surface area contributed by atoms with Crippen LogP contribution in [0.2, 0.25) is 0 Å². The number of nitrogens with two attached hydrogens (primary N) is 2. The van der Waals surface area contributed by atoms with Gasteiger partial charge < -0.3 is 31.2 Å². The zero-order valence-corrected chi connectivity index (χ0v) is 30.1. The van der Waals surface area contributed by atoms with Crippen LogP contribution >= 0.6 is 38.6 Å². The predicted molar refractivity (Wildman–Crippen MR) is 187 cm³/mol. The number of carbonyl (C=O) groups excluding carboxylic acids is 2. The number of thiazole rings is 2. The molecule has 268 valence electrons. The van der Waals surface area contributed by atoms with Gasteiger partial charge in [0.05, 0.1) is 34.6 Å². The van der Waals surface area contributed by atoms with Crippen LogP contribution in [0.25, 0.3) is 22.5 Å². The zero-order valence-electron chi connectivity index (χ0n) is 26.9. The number of benzene rings is 2. The summed E-state index contributed by atoms with van der Waals surface area (Å²) in [6, 6.07) is 5.51. The lowest BCUT2D eigenvalue weighted by molar-refractivity contribution is 0.0903. The van der Waals surface area contributed by atoms with Gasteiger partial charge in [0.2, 0.25) is 0 Å². The van der Waals surface area contributed by atoms with Crippen LogP contribution in [0.1, 0.15) is 48.8 Å². The van der Waals surface area contributed by atoms with Gasteiger partial charge in [-0.2, -0.15) is 0 Å². The number of carbonyl (C=O) groups is 2. The maximum Gasteiger partial charge on any atom is 0.277 e. The first-order valence-electron chi connectivity index (χ1n) is 14.7. The Morgan fingerprint density at radius 1 is 0.882 bits per heavy atom. The van der Waals surface area contributed by atoms with E-state index in [2.05, 4.69) is 44.2 Å². The SMILES string of the molecule is C#CC(C)(O)CF.CC(O)(C#Cc1cc2c(cc1F)OCCc1sc(C(N)=O)nc1-2)CF.NC(=O)c1nc2c(s1)CCOc1cc(F)c(Br)cc1-2. The third kappa shape index (κ3) is 9.63. The van der Waals surface area contributed by atoms with Gasteiger partial charge >= 0.3 is 0 Å². The molecular formula is C34H29BrF4N4O6S2. The quantitative estimate of drug-likeness (QED) is 0.162. The number of ether oxygens (including phenoxy) is 2. The molecular weight excluding hydrogens is 780 g/mol. The summed E-state index contributed by atoms with van der Waals surface area (Å²) in [5, 5.41) is 18.6. The Balaban J connectivity index is 0.000000198. The smallest absolute Gasteiger partial charge is 0.277 e. The second kappa shape index (κ2) is 16.2. The van der Waals surface area contributed by atoms with Crippen LogP contribution in [-0.2, 0) is 12.8 Å². The summed E-state index contributed by atoms with van der Waals surface area (Å²) in [4.78, 5) is 32.8. The average molecular weight is 810 g/mol.